The zero-order chi connectivity index (χ0) is 14.9. The van der Waals surface area contributed by atoms with Crippen LogP contribution in [0, 0.1) is 11.6 Å². The van der Waals surface area contributed by atoms with Crippen LogP contribution in [-0.2, 0) is 5.41 Å². The summed E-state index contributed by atoms with van der Waals surface area (Å²) in [5.74, 6) is -1.87. The van der Waals surface area contributed by atoms with Crippen molar-refractivity contribution in [3.05, 3.63) is 53.6 Å². The van der Waals surface area contributed by atoms with Crippen molar-refractivity contribution in [1.82, 2.24) is 0 Å². The molecule has 2 aromatic carbocycles. The molecule has 20 heavy (non-hydrogen) atoms. The second-order valence-electron chi connectivity index (χ2n) is 5.63. The molecule has 0 fully saturated rings. The summed E-state index contributed by atoms with van der Waals surface area (Å²) in [7, 11) is 0. The minimum atomic E-state index is -1.08. The van der Waals surface area contributed by atoms with E-state index in [4.69, 9.17) is 10.5 Å². The van der Waals surface area contributed by atoms with Crippen molar-refractivity contribution in [1.29, 1.82) is 0 Å². The number of hydrogen-bond acceptors (Lipinski definition) is 2. The molecule has 2 nitrogen and oxygen atoms in total. The van der Waals surface area contributed by atoms with Crippen LogP contribution in [0.2, 0.25) is 0 Å². The van der Waals surface area contributed by atoms with Crippen LogP contribution in [0.25, 0.3) is 0 Å². The van der Waals surface area contributed by atoms with E-state index >= 15 is 0 Å². The molecule has 0 aliphatic rings. The van der Waals surface area contributed by atoms with Crippen molar-refractivity contribution in [2.45, 2.75) is 26.2 Å². The average molecular weight is 277 g/mol. The van der Waals surface area contributed by atoms with Gasteiger partial charge in [0.2, 0.25) is 5.82 Å². The molecular weight excluding hydrogens is 260 g/mol. The normalized spacial score (nSPS) is 11.4. The minimum absolute atomic E-state index is 0.0626. The Labute approximate surface area is 117 Å². The summed E-state index contributed by atoms with van der Waals surface area (Å²) in [6, 6.07) is 9.52. The van der Waals surface area contributed by atoms with Crippen molar-refractivity contribution in [2.24, 2.45) is 0 Å². The summed E-state index contributed by atoms with van der Waals surface area (Å²) in [5.41, 5.74) is 6.43. The number of para-hydroxylation sites is 1. The molecule has 0 amide bonds. The summed E-state index contributed by atoms with van der Waals surface area (Å²) < 4.78 is 32.6. The van der Waals surface area contributed by atoms with Gasteiger partial charge in [0.05, 0.1) is 5.69 Å². The summed E-state index contributed by atoms with van der Waals surface area (Å²) >= 11 is 0. The van der Waals surface area contributed by atoms with Gasteiger partial charge in [-0.1, -0.05) is 39.0 Å². The maximum Gasteiger partial charge on any atom is 0.203 e. The number of ether oxygens (including phenoxy) is 1. The second kappa shape index (κ2) is 5.12. The molecule has 0 spiro atoms. The molecule has 4 heteroatoms. The lowest BCUT2D eigenvalue weighted by Crippen LogP contribution is -2.12. The van der Waals surface area contributed by atoms with Gasteiger partial charge in [-0.3, -0.25) is 0 Å². The topological polar surface area (TPSA) is 35.2 Å². The predicted octanol–water partition coefficient (Wildman–Crippen LogP) is 4.64. The van der Waals surface area contributed by atoms with Gasteiger partial charge in [0.1, 0.15) is 5.75 Å². The quantitative estimate of drug-likeness (QED) is 0.812. The summed E-state index contributed by atoms with van der Waals surface area (Å²) in [6.07, 6.45) is 0. The van der Waals surface area contributed by atoms with E-state index in [9.17, 15) is 8.78 Å². The maximum absolute atomic E-state index is 13.8. The Morgan fingerprint density at radius 1 is 1.00 bits per heavy atom. The van der Waals surface area contributed by atoms with Crippen LogP contribution in [0.15, 0.2) is 36.4 Å². The highest BCUT2D eigenvalue weighted by Crippen LogP contribution is 2.37. The largest absolute Gasteiger partial charge is 0.452 e. The first-order valence-corrected chi connectivity index (χ1v) is 6.31. The highest BCUT2D eigenvalue weighted by Gasteiger charge is 2.21. The second-order valence-corrected chi connectivity index (χ2v) is 5.63. The molecule has 0 aromatic heterocycles. The van der Waals surface area contributed by atoms with Crippen LogP contribution < -0.4 is 10.5 Å². The molecule has 0 unspecified atom stereocenters. The Hall–Kier alpha value is -2.10. The van der Waals surface area contributed by atoms with Crippen molar-refractivity contribution in [3.63, 3.8) is 0 Å². The number of anilines is 1. The van der Waals surface area contributed by atoms with Gasteiger partial charge >= 0.3 is 0 Å². The van der Waals surface area contributed by atoms with Crippen LogP contribution in [0.1, 0.15) is 26.3 Å². The lowest BCUT2D eigenvalue weighted by atomic mass is 9.86. The first-order chi connectivity index (χ1) is 9.30. The molecule has 2 N–H and O–H groups in total. The molecule has 2 rings (SSSR count). The van der Waals surface area contributed by atoms with Gasteiger partial charge in [-0.25, -0.2) is 4.39 Å². The smallest absolute Gasteiger partial charge is 0.203 e. The minimum Gasteiger partial charge on any atom is -0.452 e. The van der Waals surface area contributed by atoms with Gasteiger partial charge in [-0.15, -0.1) is 0 Å². The molecule has 0 aliphatic carbocycles. The van der Waals surface area contributed by atoms with Gasteiger partial charge in [0.15, 0.2) is 11.6 Å². The molecule has 2 aromatic rings. The third-order valence-electron chi connectivity index (χ3n) is 2.99. The van der Waals surface area contributed by atoms with Crippen LogP contribution >= 0.6 is 0 Å². The van der Waals surface area contributed by atoms with E-state index < -0.39 is 11.6 Å². The Morgan fingerprint density at radius 3 is 2.30 bits per heavy atom. The lowest BCUT2D eigenvalue weighted by molar-refractivity contribution is 0.407. The zero-order valence-electron chi connectivity index (χ0n) is 11.7. The van der Waals surface area contributed by atoms with E-state index in [2.05, 4.69) is 0 Å². The highest BCUT2D eigenvalue weighted by molar-refractivity contribution is 5.55. The summed E-state index contributed by atoms with van der Waals surface area (Å²) in [4.78, 5) is 0. The van der Waals surface area contributed by atoms with Crippen LogP contribution in [0.4, 0.5) is 14.5 Å². The zero-order valence-corrected chi connectivity index (χ0v) is 11.7. The van der Waals surface area contributed by atoms with Gasteiger partial charge in [0.25, 0.3) is 0 Å². The molecule has 0 saturated carbocycles. The molecule has 0 radical (unpaired) electrons. The van der Waals surface area contributed by atoms with Crippen molar-refractivity contribution in [2.75, 3.05) is 5.73 Å². The Bertz CT molecular complexity index is 633. The number of hydrogen-bond donors (Lipinski definition) is 1. The monoisotopic (exact) mass is 277 g/mol. The molecule has 0 bridgehead atoms. The SMILES string of the molecule is CC(C)(C)c1ccccc1Oc1c(N)ccc(F)c1F. The summed E-state index contributed by atoms with van der Waals surface area (Å²) in [6.45, 7) is 6.04. The molecular formula is C16H17F2NO. The Morgan fingerprint density at radius 2 is 1.65 bits per heavy atom. The fourth-order valence-corrected chi connectivity index (χ4v) is 1.94. The molecule has 0 aliphatic heterocycles. The molecule has 0 heterocycles. The fourth-order valence-electron chi connectivity index (χ4n) is 1.94. The Balaban J connectivity index is 2.49. The highest BCUT2D eigenvalue weighted by atomic mass is 19.2. The van der Waals surface area contributed by atoms with Gasteiger partial charge in [-0.05, 0) is 23.6 Å². The molecule has 0 atom stereocenters. The molecule has 0 saturated heterocycles. The fraction of sp³-hybridized carbons (Fsp3) is 0.250. The third kappa shape index (κ3) is 2.74. The Kier molecular flexibility index (Phi) is 3.66. The van der Waals surface area contributed by atoms with Crippen LogP contribution in [0.3, 0.4) is 0 Å². The number of halogens is 2. The first kappa shape index (κ1) is 14.3. The van der Waals surface area contributed by atoms with E-state index in [-0.39, 0.29) is 16.9 Å². The predicted molar refractivity (Wildman–Crippen MR) is 76.0 cm³/mol. The first-order valence-electron chi connectivity index (χ1n) is 6.31. The number of benzene rings is 2. The van der Waals surface area contributed by atoms with Crippen molar-refractivity contribution >= 4 is 5.69 Å². The summed E-state index contributed by atoms with van der Waals surface area (Å²) in [5, 5.41) is 0. The number of nitrogen functional groups attached to an aromatic ring is 1. The van der Waals surface area contributed by atoms with E-state index in [1.54, 1.807) is 12.1 Å². The standard InChI is InChI=1S/C16H17F2NO/c1-16(2,3)10-6-4-5-7-13(10)20-15-12(19)9-8-11(17)14(15)18/h4-9H,19H2,1-3H3. The van der Waals surface area contributed by atoms with E-state index in [0.29, 0.717) is 5.75 Å². The molecule has 106 valence electrons. The van der Waals surface area contributed by atoms with Gasteiger partial charge in [0, 0.05) is 5.56 Å². The van der Waals surface area contributed by atoms with E-state index in [0.717, 1.165) is 11.6 Å². The van der Waals surface area contributed by atoms with Gasteiger partial charge in [-0.2, -0.15) is 4.39 Å². The van der Waals surface area contributed by atoms with Crippen LogP contribution in [0.5, 0.6) is 11.5 Å². The third-order valence-corrected chi connectivity index (χ3v) is 2.99. The van der Waals surface area contributed by atoms with Crippen molar-refractivity contribution < 1.29 is 13.5 Å². The van der Waals surface area contributed by atoms with E-state index in [1.165, 1.54) is 6.07 Å². The lowest BCUT2D eigenvalue weighted by Gasteiger charge is -2.23. The van der Waals surface area contributed by atoms with Crippen molar-refractivity contribution in [3.8, 4) is 11.5 Å². The number of rotatable bonds is 2. The van der Waals surface area contributed by atoms with E-state index in [1.807, 2.05) is 32.9 Å². The average Bonchev–Trinajstić information content (AvgIpc) is 2.38. The van der Waals surface area contributed by atoms with Crippen LogP contribution in [-0.4, -0.2) is 0 Å². The maximum atomic E-state index is 13.8. The number of nitrogens with two attached hydrogens (primary N) is 1. The van der Waals surface area contributed by atoms with Gasteiger partial charge < -0.3 is 10.5 Å².